The fourth-order valence-electron chi connectivity index (χ4n) is 7.39. The summed E-state index contributed by atoms with van der Waals surface area (Å²) in [7, 11) is 0. The molecule has 0 amide bonds. The summed E-state index contributed by atoms with van der Waals surface area (Å²) < 4.78 is 18.2. The van der Waals surface area contributed by atoms with Gasteiger partial charge in [-0.1, -0.05) is 106 Å². The van der Waals surface area contributed by atoms with Crippen LogP contribution in [0.4, 0.5) is 5.69 Å². The summed E-state index contributed by atoms with van der Waals surface area (Å²) in [5, 5.41) is 0. The van der Waals surface area contributed by atoms with Crippen molar-refractivity contribution in [2.75, 3.05) is 4.90 Å². The van der Waals surface area contributed by atoms with Crippen molar-refractivity contribution in [2.45, 2.75) is 104 Å². The highest BCUT2D eigenvalue weighted by atomic mass is 16.6. The van der Waals surface area contributed by atoms with Crippen molar-refractivity contribution in [2.24, 2.45) is 11.8 Å². The van der Waals surface area contributed by atoms with Crippen LogP contribution in [-0.2, 0) is 34.0 Å². The van der Waals surface area contributed by atoms with Crippen LogP contribution in [0.2, 0.25) is 0 Å². The van der Waals surface area contributed by atoms with Crippen LogP contribution in [0, 0.1) is 11.8 Å². The third kappa shape index (κ3) is 7.35. The van der Waals surface area contributed by atoms with Crippen molar-refractivity contribution in [3.05, 3.63) is 113 Å². The van der Waals surface area contributed by atoms with E-state index in [1.54, 1.807) is 27.7 Å². The number of ether oxygens (including phenoxy) is 3. The second-order valence-corrected chi connectivity index (χ2v) is 14.3. The second kappa shape index (κ2) is 14.8. The molecule has 5 rings (SSSR count). The molecule has 2 aliphatic rings. The second-order valence-electron chi connectivity index (χ2n) is 14.3. The van der Waals surface area contributed by atoms with Gasteiger partial charge in [0.2, 0.25) is 0 Å². The standard InChI is InChI=1S/C41H49NO6/c1-26(2)46-38(43)34-35(39(44)47-27(3)4)37(42(31-21-15-10-16-22-31)36(34)29-17-11-8-12-18-29)40(45)48-33-25-28(5)23-24-32(33)41(6,7)30-19-13-9-14-20-30/h8-22,26-28,32-33,36-37H,23-25H2,1-7H3/t28-,32-,33-,36?,37?/m1/s1. The number of esters is 3. The number of para-hydroxylation sites is 1. The molecule has 1 aliphatic carbocycles. The van der Waals surface area contributed by atoms with E-state index < -0.39 is 48.3 Å². The molecule has 1 aliphatic heterocycles. The fourth-order valence-corrected chi connectivity index (χ4v) is 7.39. The number of carbonyl (C=O) groups is 3. The maximum atomic E-state index is 14.9. The number of anilines is 1. The minimum absolute atomic E-state index is 0.0389. The number of hydrogen-bond acceptors (Lipinski definition) is 7. The number of hydrogen-bond donors (Lipinski definition) is 0. The van der Waals surface area contributed by atoms with Gasteiger partial charge in [0.05, 0.1) is 29.4 Å². The van der Waals surface area contributed by atoms with Crippen LogP contribution >= 0.6 is 0 Å². The fraction of sp³-hybridized carbons (Fsp3) is 0.439. The van der Waals surface area contributed by atoms with E-state index in [0.29, 0.717) is 18.0 Å². The highest BCUT2D eigenvalue weighted by Gasteiger charge is 2.53. The molecule has 1 heterocycles. The SMILES string of the molecule is CC(C)OC(=O)C1=C(C(=O)OC(C)C)C(c2ccccc2)N(c2ccccc2)C1C(=O)O[C@@H]1C[C@H](C)CC[C@H]1C(C)(C)c1ccccc1. The maximum Gasteiger partial charge on any atom is 0.337 e. The first-order chi connectivity index (χ1) is 22.9. The van der Waals surface area contributed by atoms with E-state index in [1.165, 1.54) is 5.56 Å². The Bertz CT molecular complexity index is 1600. The summed E-state index contributed by atoms with van der Waals surface area (Å²) in [4.78, 5) is 45.0. The van der Waals surface area contributed by atoms with Crippen molar-refractivity contribution >= 4 is 23.6 Å². The monoisotopic (exact) mass is 651 g/mol. The Morgan fingerprint density at radius 3 is 1.81 bits per heavy atom. The minimum atomic E-state index is -1.25. The zero-order valence-electron chi connectivity index (χ0n) is 29.2. The maximum absolute atomic E-state index is 14.9. The molecule has 48 heavy (non-hydrogen) atoms. The number of carbonyl (C=O) groups excluding carboxylic acids is 3. The third-order valence-electron chi connectivity index (χ3n) is 9.68. The highest BCUT2D eigenvalue weighted by molar-refractivity contribution is 6.10. The largest absolute Gasteiger partial charge is 0.460 e. The van der Waals surface area contributed by atoms with Crippen LogP contribution in [0.5, 0.6) is 0 Å². The number of nitrogens with zero attached hydrogens (tertiary/aromatic N) is 1. The molecule has 0 radical (unpaired) electrons. The predicted octanol–water partition coefficient (Wildman–Crippen LogP) is 8.14. The molecule has 0 aromatic heterocycles. The van der Waals surface area contributed by atoms with E-state index in [1.807, 2.05) is 83.8 Å². The van der Waals surface area contributed by atoms with Crippen LogP contribution in [0.3, 0.4) is 0 Å². The molecule has 1 saturated carbocycles. The molecule has 5 atom stereocenters. The Morgan fingerprint density at radius 1 is 0.729 bits per heavy atom. The summed E-state index contributed by atoms with van der Waals surface area (Å²) in [5.74, 6) is -1.60. The zero-order chi connectivity index (χ0) is 34.6. The average molecular weight is 652 g/mol. The smallest absolute Gasteiger partial charge is 0.337 e. The van der Waals surface area contributed by atoms with Crippen molar-refractivity contribution in [3.63, 3.8) is 0 Å². The quantitative estimate of drug-likeness (QED) is 0.162. The first-order valence-electron chi connectivity index (χ1n) is 17.2. The van der Waals surface area contributed by atoms with E-state index in [4.69, 9.17) is 14.2 Å². The van der Waals surface area contributed by atoms with Crippen LogP contribution < -0.4 is 4.90 Å². The molecule has 0 N–H and O–H groups in total. The van der Waals surface area contributed by atoms with Gasteiger partial charge >= 0.3 is 17.9 Å². The van der Waals surface area contributed by atoms with E-state index in [9.17, 15) is 14.4 Å². The molecular weight excluding hydrogens is 602 g/mol. The molecule has 3 aromatic carbocycles. The molecule has 7 nitrogen and oxygen atoms in total. The molecular formula is C41H49NO6. The first kappa shape index (κ1) is 34.9. The van der Waals surface area contributed by atoms with Gasteiger partial charge in [0, 0.05) is 11.6 Å². The van der Waals surface area contributed by atoms with Gasteiger partial charge in [-0.15, -0.1) is 0 Å². The van der Waals surface area contributed by atoms with Gasteiger partial charge in [0.15, 0.2) is 6.04 Å². The van der Waals surface area contributed by atoms with Gasteiger partial charge in [-0.05, 0) is 75.1 Å². The lowest BCUT2D eigenvalue weighted by molar-refractivity contribution is -0.159. The molecule has 254 valence electrons. The summed E-state index contributed by atoms with van der Waals surface area (Å²) in [6.45, 7) is 13.6. The molecule has 7 heteroatoms. The Morgan fingerprint density at radius 2 is 1.25 bits per heavy atom. The number of benzene rings is 3. The van der Waals surface area contributed by atoms with E-state index in [0.717, 1.165) is 18.4 Å². The first-order valence-corrected chi connectivity index (χ1v) is 17.2. The molecule has 2 unspecified atom stereocenters. The van der Waals surface area contributed by atoms with Gasteiger partial charge in [-0.3, -0.25) is 0 Å². The average Bonchev–Trinajstić information content (AvgIpc) is 3.42. The Balaban J connectivity index is 1.67. The van der Waals surface area contributed by atoms with E-state index in [-0.39, 0.29) is 22.5 Å². The normalized spacial score (nSPS) is 22.9. The van der Waals surface area contributed by atoms with Gasteiger partial charge in [0.25, 0.3) is 0 Å². The predicted molar refractivity (Wildman–Crippen MR) is 187 cm³/mol. The Labute approximate surface area is 285 Å². The lowest BCUT2D eigenvalue weighted by Gasteiger charge is -2.44. The van der Waals surface area contributed by atoms with Crippen molar-refractivity contribution in [1.29, 1.82) is 0 Å². The highest BCUT2D eigenvalue weighted by Crippen LogP contribution is 2.48. The van der Waals surface area contributed by atoms with Crippen molar-refractivity contribution < 1.29 is 28.6 Å². The lowest BCUT2D eigenvalue weighted by Crippen LogP contribution is -2.48. The van der Waals surface area contributed by atoms with Gasteiger partial charge in [-0.2, -0.15) is 0 Å². The van der Waals surface area contributed by atoms with Crippen LogP contribution in [-0.4, -0.2) is 42.3 Å². The third-order valence-corrected chi connectivity index (χ3v) is 9.68. The van der Waals surface area contributed by atoms with E-state index >= 15 is 0 Å². The molecule has 0 bridgehead atoms. The molecule has 1 fully saturated rings. The summed E-state index contributed by atoms with van der Waals surface area (Å²) in [6, 6.07) is 27.1. The van der Waals surface area contributed by atoms with Gasteiger partial charge < -0.3 is 19.1 Å². The minimum Gasteiger partial charge on any atom is -0.460 e. The molecule has 0 spiro atoms. The molecule has 0 saturated heterocycles. The summed E-state index contributed by atoms with van der Waals surface area (Å²) >= 11 is 0. The van der Waals surface area contributed by atoms with Gasteiger partial charge in [-0.25, -0.2) is 14.4 Å². The number of rotatable bonds is 10. The summed E-state index contributed by atoms with van der Waals surface area (Å²) in [6.07, 6.45) is 1.28. The van der Waals surface area contributed by atoms with Crippen LogP contribution in [0.15, 0.2) is 102 Å². The van der Waals surface area contributed by atoms with E-state index in [2.05, 4.69) is 32.9 Å². The van der Waals surface area contributed by atoms with Crippen LogP contribution in [0.1, 0.15) is 84.9 Å². The van der Waals surface area contributed by atoms with Crippen LogP contribution in [0.25, 0.3) is 0 Å². The lowest BCUT2D eigenvalue weighted by atomic mass is 9.64. The summed E-state index contributed by atoms with van der Waals surface area (Å²) in [5.41, 5.74) is 2.34. The van der Waals surface area contributed by atoms with Crippen molar-refractivity contribution in [3.8, 4) is 0 Å². The zero-order valence-corrected chi connectivity index (χ0v) is 29.2. The molecule has 3 aromatic rings. The van der Waals surface area contributed by atoms with Crippen molar-refractivity contribution in [1.82, 2.24) is 0 Å². The Hall–Kier alpha value is -4.39. The Kier molecular flexibility index (Phi) is 10.8. The van der Waals surface area contributed by atoms with Gasteiger partial charge in [0.1, 0.15) is 6.10 Å². The topological polar surface area (TPSA) is 82.1 Å².